The zero-order chi connectivity index (χ0) is 23.0. The third kappa shape index (κ3) is 3.89. The molecule has 8 nitrogen and oxygen atoms in total. The van der Waals surface area contributed by atoms with Crippen molar-refractivity contribution in [1.82, 2.24) is 9.29 Å². The number of phenols is 1. The summed E-state index contributed by atoms with van der Waals surface area (Å²) < 4.78 is 27.8. The first-order chi connectivity index (χ1) is 15.2. The Labute approximate surface area is 186 Å². The van der Waals surface area contributed by atoms with Gasteiger partial charge in [0.05, 0.1) is 22.0 Å². The van der Waals surface area contributed by atoms with Crippen LogP contribution in [0.4, 0.5) is 10.5 Å². The number of nitriles is 1. The van der Waals surface area contributed by atoms with E-state index in [4.69, 9.17) is 0 Å². The van der Waals surface area contributed by atoms with Crippen molar-refractivity contribution in [3.8, 4) is 23.1 Å². The number of hydrogen-bond donors (Lipinski definition) is 3. The van der Waals surface area contributed by atoms with Crippen molar-refractivity contribution in [3.05, 3.63) is 48.0 Å². The molecule has 1 aliphatic carbocycles. The van der Waals surface area contributed by atoms with E-state index in [0.717, 1.165) is 41.4 Å². The van der Waals surface area contributed by atoms with Crippen LogP contribution in [0.15, 0.2) is 42.5 Å². The molecule has 0 aliphatic heterocycles. The summed E-state index contributed by atoms with van der Waals surface area (Å²) in [7, 11) is -3.73. The normalized spacial score (nSPS) is 14.2. The van der Waals surface area contributed by atoms with E-state index in [-0.39, 0.29) is 11.8 Å². The number of aromatic nitrogens is 1. The number of sulfonamides is 1. The molecule has 2 amide bonds. The van der Waals surface area contributed by atoms with Crippen molar-refractivity contribution in [2.24, 2.45) is 0 Å². The van der Waals surface area contributed by atoms with Crippen LogP contribution in [0, 0.1) is 11.3 Å². The average Bonchev–Trinajstić information content (AvgIpc) is 3.00. The van der Waals surface area contributed by atoms with Gasteiger partial charge in [0.2, 0.25) is 10.0 Å². The van der Waals surface area contributed by atoms with Crippen LogP contribution in [0.25, 0.3) is 22.2 Å². The number of nitrogens with one attached hydrogen (secondary N) is 2. The first kappa shape index (κ1) is 21.7. The van der Waals surface area contributed by atoms with Gasteiger partial charge < -0.3 is 15.0 Å². The number of amides is 2. The van der Waals surface area contributed by atoms with E-state index in [1.807, 2.05) is 4.72 Å². The Kier molecular flexibility index (Phi) is 5.57. The fourth-order valence-electron chi connectivity index (χ4n) is 3.84. The van der Waals surface area contributed by atoms with Crippen LogP contribution in [-0.4, -0.2) is 29.4 Å². The summed E-state index contributed by atoms with van der Waals surface area (Å²) in [6.07, 6.45) is 3.12. The quantitative estimate of drug-likeness (QED) is 0.527. The molecule has 2 aromatic carbocycles. The van der Waals surface area contributed by atoms with Gasteiger partial charge in [-0.3, -0.25) is 0 Å². The van der Waals surface area contributed by atoms with Crippen LogP contribution in [0.3, 0.4) is 0 Å². The molecule has 3 aromatic rings. The van der Waals surface area contributed by atoms with Crippen molar-refractivity contribution in [3.63, 3.8) is 0 Å². The monoisotopic (exact) mass is 452 g/mol. The van der Waals surface area contributed by atoms with Crippen LogP contribution in [0.1, 0.15) is 44.7 Å². The van der Waals surface area contributed by atoms with E-state index in [0.29, 0.717) is 11.3 Å². The number of benzene rings is 2. The van der Waals surface area contributed by atoms with Gasteiger partial charge in [0.15, 0.2) is 0 Å². The fraction of sp³-hybridized carbons (Fsp3) is 0.304. The van der Waals surface area contributed by atoms with E-state index in [1.165, 1.54) is 13.8 Å². The van der Waals surface area contributed by atoms with Gasteiger partial charge in [-0.1, -0.05) is 12.1 Å². The van der Waals surface area contributed by atoms with Crippen molar-refractivity contribution in [2.45, 2.75) is 44.4 Å². The SMILES string of the molecule is CC(C)S(=O)(=O)NC(=O)Nc1ccc(-c2c(C#N)c3ccc(O)cc3n2C2CCC2)cc1. The molecule has 4 rings (SSSR count). The fourth-order valence-corrected chi connectivity index (χ4v) is 4.38. The molecule has 0 radical (unpaired) electrons. The summed E-state index contributed by atoms with van der Waals surface area (Å²) in [6.45, 7) is 2.97. The number of urea groups is 1. The lowest BCUT2D eigenvalue weighted by Gasteiger charge is -2.30. The van der Waals surface area contributed by atoms with E-state index in [2.05, 4.69) is 16.0 Å². The third-order valence-corrected chi connectivity index (χ3v) is 7.52. The highest BCUT2D eigenvalue weighted by Crippen LogP contribution is 2.43. The van der Waals surface area contributed by atoms with Gasteiger partial charge in [0, 0.05) is 23.2 Å². The molecule has 0 atom stereocenters. The Morgan fingerprint density at radius 1 is 1.19 bits per heavy atom. The molecule has 3 N–H and O–H groups in total. The summed E-state index contributed by atoms with van der Waals surface area (Å²) in [6, 6.07) is 13.7. The number of carbonyl (C=O) groups excluding carboxylic acids is 1. The molecule has 1 heterocycles. The number of hydrogen-bond acceptors (Lipinski definition) is 5. The van der Waals surface area contributed by atoms with E-state index >= 15 is 0 Å². The smallest absolute Gasteiger partial charge is 0.332 e. The second-order valence-corrected chi connectivity index (χ2v) is 10.5. The topological polar surface area (TPSA) is 124 Å². The van der Waals surface area contributed by atoms with Gasteiger partial charge in [-0.25, -0.2) is 17.9 Å². The molecule has 32 heavy (non-hydrogen) atoms. The maximum Gasteiger partial charge on any atom is 0.332 e. The zero-order valence-electron chi connectivity index (χ0n) is 17.8. The first-order valence-corrected chi connectivity index (χ1v) is 12.0. The lowest BCUT2D eigenvalue weighted by Crippen LogP contribution is -2.38. The van der Waals surface area contributed by atoms with Gasteiger partial charge in [0.25, 0.3) is 0 Å². The minimum absolute atomic E-state index is 0.147. The van der Waals surface area contributed by atoms with Gasteiger partial charge in [0.1, 0.15) is 11.8 Å². The van der Waals surface area contributed by atoms with Crippen LogP contribution >= 0.6 is 0 Å². The Morgan fingerprint density at radius 3 is 2.44 bits per heavy atom. The zero-order valence-corrected chi connectivity index (χ0v) is 18.6. The van der Waals surface area contributed by atoms with E-state index in [1.54, 1.807) is 42.5 Å². The Morgan fingerprint density at radius 2 is 1.88 bits per heavy atom. The number of rotatable bonds is 5. The first-order valence-electron chi connectivity index (χ1n) is 10.4. The summed E-state index contributed by atoms with van der Waals surface area (Å²) in [5, 5.41) is 22.5. The molecule has 166 valence electrons. The van der Waals surface area contributed by atoms with Crippen LogP contribution in [0.2, 0.25) is 0 Å². The number of fused-ring (bicyclic) bond motifs is 1. The number of anilines is 1. The molecule has 1 fully saturated rings. The predicted molar refractivity (Wildman–Crippen MR) is 123 cm³/mol. The minimum atomic E-state index is -3.73. The molecule has 0 saturated heterocycles. The Balaban J connectivity index is 1.70. The summed E-state index contributed by atoms with van der Waals surface area (Å²) in [5.74, 6) is 0.147. The lowest BCUT2D eigenvalue weighted by molar-refractivity contribution is 0.256. The number of phenolic OH excluding ortho intramolecular Hbond substituents is 1. The molecule has 0 unspecified atom stereocenters. The van der Waals surface area contributed by atoms with Gasteiger partial charge in [-0.15, -0.1) is 0 Å². The molecule has 9 heteroatoms. The summed E-state index contributed by atoms with van der Waals surface area (Å²) in [4.78, 5) is 12.1. The van der Waals surface area contributed by atoms with Crippen molar-refractivity contribution >= 4 is 32.6 Å². The van der Waals surface area contributed by atoms with Crippen LogP contribution in [-0.2, 0) is 10.0 Å². The molecule has 1 aromatic heterocycles. The summed E-state index contributed by atoms with van der Waals surface area (Å²) in [5.41, 5.74) is 3.35. The standard InChI is InChI=1S/C23H24N4O4S/c1-14(2)32(30,31)26-23(29)25-16-8-6-15(7-9-16)22-20(13-24)19-11-10-18(28)12-21(19)27(22)17-4-3-5-17/h6-12,14,17,28H,3-5H2,1-2H3,(H2,25,26,29). The average molecular weight is 453 g/mol. The second-order valence-electron chi connectivity index (χ2n) is 8.22. The largest absolute Gasteiger partial charge is 0.508 e. The van der Waals surface area contributed by atoms with Gasteiger partial charge >= 0.3 is 6.03 Å². The summed E-state index contributed by atoms with van der Waals surface area (Å²) >= 11 is 0. The van der Waals surface area contributed by atoms with Gasteiger partial charge in [-0.2, -0.15) is 5.26 Å². The highest BCUT2D eigenvalue weighted by atomic mass is 32.2. The highest BCUT2D eigenvalue weighted by Gasteiger charge is 2.28. The lowest BCUT2D eigenvalue weighted by atomic mass is 9.92. The molecular formula is C23H24N4O4S. The van der Waals surface area contributed by atoms with Crippen molar-refractivity contribution < 1.29 is 18.3 Å². The van der Waals surface area contributed by atoms with Crippen molar-refractivity contribution in [2.75, 3.05) is 5.32 Å². The van der Waals surface area contributed by atoms with E-state index < -0.39 is 21.3 Å². The maximum atomic E-state index is 12.1. The van der Waals surface area contributed by atoms with Gasteiger partial charge in [-0.05, 0) is 62.9 Å². The molecule has 1 aliphatic rings. The molecular weight excluding hydrogens is 428 g/mol. The van der Waals surface area contributed by atoms with Crippen LogP contribution < -0.4 is 10.0 Å². The van der Waals surface area contributed by atoms with Crippen molar-refractivity contribution in [1.29, 1.82) is 5.26 Å². The Hall–Kier alpha value is -3.51. The number of aromatic hydroxyl groups is 1. The molecule has 0 bridgehead atoms. The predicted octanol–water partition coefficient (Wildman–Crippen LogP) is 4.47. The number of carbonyl (C=O) groups is 1. The van der Waals surface area contributed by atoms with E-state index in [9.17, 15) is 23.6 Å². The number of nitrogens with zero attached hydrogens (tertiary/aromatic N) is 2. The van der Waals surface area contributed by atoms with Crippen LogP contribution in [0.5, 0.6) is 5.75 Å². The third-order valence-electron chi connectivity index (χ3n) is 5.81. The molecule has 1 saturated carbocycles. The maximum absolute atomic E-state index is 12.1. The Bertz CT molecular complexity index is 1330. The second kappa shape index (κ2) is 8.20. The minimum Gasteiger partial charge on any atom is -0.508 e. The highest BCUT2D eigenvalue weighted by molar-refractivity contribution is 7.90. The molecule has 0 spiro atoms.